The molecular formula is C24H22N2O3. The van der Waals surface area contributed by atoms with E-state index in [-0.39, 0.29) is 23.6 Å². The number of Topliss-reactive ketones (excluding diaryl/α,β-unsaturated/α-hetero) is 1. The van der Waals surface area contributed by atoms with E-state index in [9.17, 15) is 14.4 Å². The normalized spacial score (nSPS) is 27.1. The van der Waals surface area contributed by atoms with Crippen LogP contribution in [0.2, 0.25) is 0 Å². The number of rotatable bonds is 4. The van der Waals surface area contributed by atoms with Crippen LogP contribution in [-0.2, 0) is 20.8 Å². The second kappa shape index (κ2) is 6.69. The number of benzene rings is 2. The third kappa shape index (κ3) is 2.64. The second-order valence-electron chi connectivity index (χ2n) is 8.01. The van der Waals surface area contributed by atoms with Gasteiger partial charge in [0.15, 0.2) is 5.78 Å². The standard InChI is InChI=1S/C24H22N2O3/c1-15(27)21-19-20(22-18-10-6-5-9-17(18)12-14-25(21)22)24(29)26(23(19)28)13-11-16-7-3-2-4-8-16/h2-10,12,14,19-22H,11,13H2,1H3/t19-,20+,21-,22+/m1/s1. The van der Waals surface area contributed by atoms with Crippen molar-refractivity contribution >= 4 is 23.7 Å². The lowest BCUT2D eigenvalue weighted by Crippen LogP contribution is -2.43. The first-order valence-electron chi connectivity index (χ1n) is 10.0. The molecule has 5 nitrogen and oxygen atoms in total. The van der Waals surface area contributed by atoms with E-state index in [4.69, 9.17) is 0 Å². The molecule has 0 bridgehead atoms. The highest BCUT2D eigenvalue weighted by Crippen LogP contribution is 2.52. The van der Waals surface area contributed by atoms with Gasteiger partial charge in [0.25, 0.3) is 0 Å². The Hall–Kier alpha value is -3.21. The molecule has 0 spiro atoms. The topological polar surface area (TPSA) is 57.7 Å². The van der Waals surface area contributed by atoms with Gasteiger partial charge in [-0.25, -0.2) is 0 Å². The van der Waals surface area contributed by atoms with Gasteiger partial charge < -0.3 is 4.90 Å². The monoisotopic (exact) mass is 386 g/mol. The number of nitrogens with zero attached hydrogens (tertiary/aromatic N) is 2. The molecule has 2 fully saturated rings. The summed E-state index contributed by atoms with van der Waals surface area (Å²) in [5.41, 5.74) is 3.14. The van der Waals surface area contributed by atoms with Gasteiger partial charge in [-0.2, -0.15) is 0 Å². The predicted octanol–water partition coefficient (Wildman–Crippen LogP) is 2.83. The molecule has 0 saturated carbocycles. The maximum Gasteiger partial charge on any atom is 0.235 e. The SMILES string of the molecule is CC(=O)[C@@H]1[C@@H]2C(=O)N(CCc3ccccc3)C(=O)[C@@H]2[C@@H]2c3ccccc3C=CN12. The van der Waals surface area contributed by atoms with Gasteiger partial charge in [0.2, 0.25) is 11.8 Å². The number of ketones is 1. The molecule has 2 aromatic rings. The predicted molar refractivity (Wildman–Crippen MR) is 108 cm³/mol. The Morgan fingerprint density at radius 2 is 1.62 bits per heavy atom. The van der Waals surface area contributed by atoms with Gasteiger partial charge in [-0.15, -0.1) is 0 Å². The summed E-state index contributed by atoms with van der Waals surface area (Å²) in [6.07, 6.45) is 4.46. The molecule has 0 unspecified atom stereocenters. The van der Waals surface area contributed by atoms with Crippen molar-refractivity contribution < 1.29 is 14.4 Å². The van der Waals surface area contributed by atoms with Crippen molar-refractivity contribution in [1.82, 2.24) is 9.80 Å². The minimum absolute atomic E-state index is 0.0717. The third-order valence-electron chi connectivity index (χ3n) is 6.44. The molecule has 2 amide bonds. The lowest BCUT2D eigenvalue weighted by atomic mass is 9.84. The number of imide groups is 1. The lowest BCUT2D eigenvalue weighted by Gasteiger charge is -2.35. The number of hydrogen-bond acceptors (Lipinski definition) is 4. The van der Waals surface area contributed by atoms with Crippen molar-refractivity contribution in [2.45, 2.75) is 25.4 Å². The van der Waals surface area contributed by atoms with Gasteiger partial charge in [0, 0.05) is 12.7 Å². The smallest absolute Gasteiger partial charge is 0.235 e. The fourth-order valence-electron chi connectivity index (χ4n) is 5.19. The summed E-state index contributed by atoms with van der Waals surface area (Å²) in [6, 6.07) is 16.9. The zero-order valence-corrected chi connectivity index (χ0v) is 16.2. The van der Waals surface area contributed by atoms with Gasteiger partial charge in [-0.1, -0.05) is 54.6 Å². The third-order valence-corrected chi connectivity index (χ3v) is 6.44. The zero-order chi connectivity index (χ0) is 20.1. The van der Waals surface area contributed by atoms with Crippen molar-refractivity contribution in [2.24, 2.45) is 11.8 Å². The number of likely N-dealkylation sites (tertiary alicyclic amines) is 1. The molecule has 0 aromatic heterocycles. The summed E-state index contributed by atoms with van der Waals surface area (Å²) in [7, 11) is 0. The van der Waals surface area contributed by atoms with Crippen LogP contribution >= 0.6 is 0 Å². The van der Waals surface area contributed by atoms with Crippen LogP contribution in [0.15, 0.2) is 60.8 Å². The van der Waals surface area contributed by atoms with Crippen molar-refractivity contribution in [1.29, 1.82) is 0 Å². The number of carbonyl (C=O) groups is 3. The van der Waals surface area contributed by atoms with Crippen LogP contribution in [0.5, 0.6) is 0 Å². The average molecular weight is 386 g/mol. The van der Waals surface area contributed by atoms with E-state index in [0.29, 0.717) is 13.0 Å². The molecule has 2 aromatic carbocycles. The summed E-state index contributed by atoms with van der Waals surface area (Å²) in [4.78, 5) is 42.5. The Bertz CT molecular complexity index is 1030. The summed E-state index contributed by atoms with van der Waals surface area (Å²) in [6.45, 7) is 1.87. The average Bonchev–Trinajstić information content (AvgIpc) is 3.21. The van der Waals surface area contributed by atoms with E-state index in [1.165, 1.54) is 11.8 Å². The number of fused-ring (bicyclic) bond motifs is 5. The zero-order valence-electron chi connectivity index (χ0n) is 16.2. The Labute approximate surface area is 169 Å². The van der Waals surface area contributed by atoms with Crippen LogP contribution in [-0.4, -0.2) is 40.0 Å². The van der Waals surface area contributed by atoms with Gasteiger partial charge in [0.05, 0.1) is 23.9 Å². The molecule has 3 aliphatic rings. The molecule has 5 heteroatoms. The molecule has 0 aliphatic carbocycles. The Morgan fingerprint density at radius 3 is 2.38 bits per heavy atom. The molecule has 3 aliphatic heterocycles. The second-order valence-corrected chi connectivity index (χ2v) is 8.01. The molecule has 0 radical (unpaired) electrons. The van der Waals surface area contributed by atoms with Crippen molar-refractivity contribution in [3.8, 4) is 0 Å². The van der Waals surface area contributed by atoms with Gasteiger partial charge in [-0.05, 0) is 36.1 Å². The molecule has 29 heavy (non-hydrogen) atoms. The lowest BCUT2D eigenvalue weighted by molar-refractivity contribution is -0.142. The summed E-state index contributed by atoms with van der Waals surface area (Å²) in [5.74, 6) is -1.57. The van der Waals surface area contributed by atoms with E-state index in [0.717, 1.165) is 16.7 Å². The van der Waals surface area contributed by atoms with Gasteiger partial charge in [0.1, 0.15) is 0 Å². The number of amides is 2. The largest absolute Gasteiger partial charge is 0.359 e. The van der Waals surface area contributed by atoms with Crippen LogP contribution in [0.3, 0.4) is 0 Å². The summed E-state index contributed by atoms with van der Waals surface area (Å²) >= 11 is 0. The van der Waals surface area contributed by atoms with Crippen molar-refractivity contribution in [3.63, 3.8) is 0 Å². The van der Waals surface area contributed by atoms with Crippen LogP contribution in [0, 0.1) is 11.8 Å². The molecule has 5 rings (SSSR count). The number of hydrogen-bond donors (Lipinski definition) is 0. The molecule has 146 valence electrons. The molecule has 4 atom stereocenters. The Kier molecular flexibility index (Phi) is 4.12. The highest BCUT2D eigenvalue weighted by molar-refractivity contribution is 6.09. The Balaban J connectivity index is 1.50. The fraction of sp³-hybridized carbons (Fsp3) is 0.292. The van der Waals surface area contributed by atoms with Crippen LogP contribution in [0.4, 0.5) is 0 Å². The highest BCUT2D eigenvalue weighted by atomic mass is 16.2. The van der Waals surface area contributed by atoms with Crippen LogP contribution in [0.1, 0.15) is 29.7 Å². The van der Waals surface area contributed by atoms with Gasteiger partial charge in [-0.3, -0.25) is 19.3 Å². The van der Waals surface area contributed by atoms with E-state index >= 15 is 0 Å². The quantitative estimate of drug-likeness (QED) is 0.759. The van der Waals surface area contributed by atoms with E-state index in [1.54, 1.807) is 0 Å². The van der Waals surface area contributed by atoms with Crippen LogP contribution < -0.4 is 0 Å². The first-order chi connectivity index (χ1) is 14.1. The molecule has 0 N–H and O–H groups in total. The fourth-order valence-corrected chi connectivity index (χ4v) is 5.19. The van der Waals surface area contributed by atoms with E-state index in [2.05, 4.69) is 0 Å². The minimum Gasteiger partial charge on any atom is -0.359 e. The molecule has 3 heterocycles. The van der Waals surface area contributed by atoms with Crippen molar-refractivity contribution in [3.05, 3.63) is 77.5 Å². The Morgan fingerprint density at radius 1 is 0.931 bits per heavy atom. The minimum atomic E-state index is -0.614. The maximum absolute atomic E-state index is 13.4. The highest BCUT2D eigenvalue weighted by Gasteiger charge is 2.63. The molecule has 2 saturated heterocycles. The van der Waals surface area contributed by atoms with Crippen molar-refractivity contribution in [2.75, 3.05) is 6.54 Å². The number of carbonyl (C=O) groups excluding carboxylic acids is 3. The van der Waals surface area contributed by atoms with E-state index in [1.807, 2.05) is 71.8 Å². The maximum atomic E-state index is 13.4. The van der Waals surface area contributed by atoms with Crippen LogP contribution in [0.25, 0.3) is 6.08 Å². The first-order valence-corrected chi connectivity index (χ1v) is 10.0. The summed E-state index contributed by atoms with van der Waals surface area (Å²) < 4.78 is 0. The summed E-state index contributed by atoms with van der Waals surface area (Å²) in [5, 5.41) is 0. The van der Waals surface area contributed by atoms with Gasteiger partial charge >= 0.3 is 0 Å². The molecular weight excluding hydrogens is 364 g/mol. The van der Waals surface area contributed by atoms with E-state index < -0.39 is 17.9 Å². The first kappa shape index (κ1) is 17.9.